The van der Waals surface area contributed by atoms with Crippen molar-refractivity contribution in [2.45, 2.75) is 24.5 Å². The average Bonchev–Trinajstić information content (AvgIpc) is 2.70. The van der Waals surface area contributed by atoms with Gasteiger partial charge in [-0.05, 0) is 0 Å². The zero-order valence-corrected chi connectivity index (χ0v) is 10.1. The van der Waals surface area contributed by atoms with Gasteiger partial charge in [-0.15, -0.1) is 0 Å². The van der Waals surface area contributed by atoms with Crippen molar-refractivity contribution in [3.63, 3.8) is 0 Å². The fourth-order valence-corrected chi connectivity index (χ4v) is 1.97. The molecular formula is C11H12N2O7. The zero-order chi connectivity index (χ0) is 14.9. The summed E-state index contributed by atoms with van der Waals surface area (Å²) in [6, 6.07) is 0. The topological polar surface area (TPSA) is 142 Å². The van der Waals surface area contributed by atoms with Crippen LogP contribution in [0.5, 0.6) is 0 Å². The third-order valence-corrected chi connectivity index (χ3v) is 3.00. The summed E-state index contributed by atoms with van der Waals surface area (Å²) in [5.74, 6) is 1.40. The van der Waals surface area contributed by atoms with E-state index >= 15 is 0 Å². The molecule has 0 aliphatic carbocycles. The van der Waals surface area contributed by atoms with Gasteiger partial charge in [-0.3, -0.25) is 14.3 Å². The van der Waals surface area contributed by atoms with Gasteiger partial charge in [-0.1, -0.05) is 0 Å². The monoisotopic (exact) mass is 284 g/mol. The van der Waals surface area contributed by atoms with E-state index in [9.17, 15) is 24.6 Å². The van der Waals surface area contributed by atoms with E-state index in [1.807, 2.05) is 4.98 Å². The van der Waals surface area contributed by atoms with Gasteiger partial charge in [-0.25, -0.2) is 9.59 Å². The van der Waals surface area contributed by atoms with Gasteiger partial charge in [0.15, 0.2) is 6.23 Å². The van der Waals surface area contributed by atoms with Crippen LogP contribution in [-0.2, 0) is 9.53 Å². The summed E-state index contributed by atoms with van der Waals surface area (Å²) in [5.41, 5.74) is -1.83. The maximum absolute atomic E-state index is 11.7. The van der Waals surface area contributed by atoms with E-state index in [1.54, 1.807) is 0 Å². The van der Waals surface area contributed by atoms with Gasteiger partial charge in [-0.2, -0.15) is 0 Å². The number of H-pyrrole nitrogens is 1. The van der Waals surface area contributed by atoms with Crippen molar-refractivity contribution in [1.29, 1.82) is 0 Å². The fourth-order valence-electron chi connectivity index (χ4n) is 1.97. The first-order chi connectivity index (χ1) is 9.49. The van der Waals surface area contributed by atoms with Gasteiger partial charge in [0.2, 0.25) is 0 Å². The summed E-state index contributed by atoms with van der Waals surface area (Å²) in [6.07, 6.45) is -3.37. The second kappa shape index (κ2) is 5.53. The van der Waals surface area contributed by atoms with Crippen LogP contribution in [0.4, 0.5) is 0 Å². The van der Waals surface area contributed by atoms with Crippen molar-refractivity contribution in [2.24, 2.45) is 0 Å². The Labute approximate surface area is 111 Å². The molecule has 20 heavy (non-hydrogen) atoms. The molecular weight excluding hydrogens is 272 g/mol. The molecule has 1 aliphatic heterocycles. The lowest BCUT2D eigenvalue weighted by Crippen LogP contribution is -2.38. The number of aromatic nitrogens is 2. The summed E-state index contributed by atoms with van der Waals surface area (Å²) >= 11 is 0. The van der Waals surface area contributed by atoms with Crippen LogP contribution in [0.1, 0.15) is 11.8 Å². The van der Waals surface area contributed by atoms with Crippen LogP contribution in [0.2, 0.25) is 0 Å². The minimum absolute atomic E-state index is 0.155. The molecule has 1 saturated heterocycles. The lowest BCUT2D eigenvalue weighted by Gasteiger charge is -2.17. The summed E-state index contributed by atoms with van der Waals surface area (Å²) in [6.45, 7) is -0.548. The van der Waals surface area contributed by atoms with Crippen molar-refractivity contribution in [1.82, 2.24) is 9.55 Å². The number of aliphatic hydroxyl groups excluding tert-OH is 3. The number of hydrogen-bond donors (Lipinski definition) is 4. The number of aliphatic hydroxyl groups is 3. The smallest absolute Gasteiger partial charge is 0.330 e. The zero-order valence-electron chi connectivity index (χ0n) is 10.1. The standard InChI is InChI=1S/C11H12N2O7/c14-2-1-5-3-13(11(19)12-9(5)18)10-8(17)7(16)6(4-15)20-10/h1,3,6-8,10,15-17H,4H2,(H,12,18,19)/t6-,7-,8-,10-/m1/s1. The van der Waals surface area contributed by atoms with Gasteiger partial charge < -0.3 is 20.1 Å². The summed E-state index contributed by atoms with van der Waals surface area (Å²) in [4.78, 5) is 35.3. The normalized spacial score (nSPS) is 29.1. The second-order valence-electron chi connectivity index (χ2n) is 4.24. The molecule has 2 rings (SSSR count). The molecule has 1 fully saturated rings. The molecule has 1 aromatic rings. The van der Waals surface area contributed by atoms with Crippen LogP contribution in [0, 0.1) is 0 Å². The molecule has 0 spiro atoms. The molecule has 9 heteroatoms. The predicted molar refractivity (Wildman–Crippen MR) is 64.5 cm³/mol. The Bertz CT molecular complexity index is 657. The van der Waals surface area contributed by atoms with Crippen LogP contribution < -0.4 is 11.2 Å². The molecule has 0 saturated carbocycles. The Hall–Kier alpha value is -2.03. The van der Waals surface area contributed by atoms with Crippen LogP contribution in [0.3, 0.4) is 0 Å². The van der Waals surface area contributed by atoms with E-state index < -0.39 is 42.4 Å². The van der Waals surface area contributed by atoms with E-state index in [1.165, 1.54) is 5.94 Å². The number of hydrogen-bond acceptors (Lipinski definition) is 7. The van der Waals surface area contributed by atoms with Crippen LogP contribution in [-0.4, -0.2) is 55.7 Å². The largest absolute Gasteiger partial charge is 0.394 e. The van der Waals surface area contributed by atoms with Gasteiger partial charge in [0.05, 0.1) is 12.2 Å². The predicted octanol–water partition coefficient (Wildman–Crippen LogP) is -3.01. The number of aromatic amines is 1. The highest BCUT2D eigenvalue weighted by atomic mass is 16.6. The number of nitrogens with zero attached hydrogens (tertiary/aromatic N) is 1. The van der Waals surface area contributed by atoms with E-state index in [0.717, 1.165) is 16.8 Å². The highest BCUT2D eigenvalue weighted by Crippen LogP contribution is 2.27. The highest BCUT2D eigenvalue weighted by molar-refractivity contribution is 5.73. The molecule has 1 aliphatic rings. The number of ether oxygens (including phenoxy) is 1. The lowest BCUT2D eigenvalue weighted by atomic mass is 10.1. The molecule has 1 aromatic heterocycles. The lowest BCUT2D eigenvalue weighted by molar-refractivity contribution is -0.0550. The Morgan fingerprint density at radius 3 is 2.65 bits per heavy atom. The molecule has 0 radical (unpaired) electrons. The van der Waals surface area contributed by atoms with Crippen LogP contribution >= 0.6 is 0 Å². The van der Waals surface area contributed by atoms with Crippen LogP contribution in [0.25, 0.3) is 6.08 Å². The van der Waals surface area contributed by atoms with Crippen molar-refractivity contribution in [3.05, 3.63) is 32.6 Å². The number of rotatable bonds is 3. The Morgan fingerprint density at radius 2 is 2.10 bits per heavy atom. The van der Waals surface area contributed by atoms with Gasteiger partial charge in [0.1, 0.15) is 24.3 Å². The number of nitrogens with one attached hydrogen (secondary N) is 1. The van der Waals surface area contributed by atoms with E-state index in [2.05, 4.69) is 0 Å². The Balaban J connectivity index is 2.48. The molecule has 0 bridgehead atoms. The van der Waals surface area contributed by atoms with Crippen molar-refractivity contribution in [3.8, 4) is 0 Å². The first-order valence-electron chi connectivity index (χ1n) is 5.68. The third kappa shape index (κ3) is 2.36. The van der Waals surface area contributed by atoms with Crippen molar-refractivity contribution >= 4 is 12.0 Å². The first-order valence-corrected chi connectivity index (χ1v) is 5.68. The van der Waals surface area contributed by atoms with E-state index in [0.29, 0.717) is 0 Å². The summed E-state index contributed by atoms with van der Waals surface area (Å²) in [5, 5.41) is 28.4. The van der Waals surface area contributed by atoms with Crippen molar-refractivity contribution in [2.75, 3.05) is 6.61 Å². The molecule has 9 nitrogen and oxygen atoms in total. The molecule has 108 valence electrons. The summed E-state index contributed by atoms with van der Waals surface area (Å²) < 4.78 is 5.98. The average molecular weight is 284 g/mol. The fraction of sp³-hybridized carbons (Fsp3) is 0.455. The highest BCUT2D eigenvalue weighted by Gasteiger charge is 2.43. The molecule has 0 unspecified atom stereocenters. The molecule has 0 amide bonds. The van der Waals surface area contributed by atoms with Gasteiger partial charge >= 0.3 is 5.69 Å². The Morgan fingerprint density at radius 1 is 1.40 bits per heavy atom. The van der Waals surface area contributed by atoms with Crippen molar-refractivity contribution < 1.29 is 24.9 Å². The third-order valence-electron chi connectivity index (χ3n) is 3.00. The van der Waals surface area contributed by atoms with E-state index in [4.69, 9.17) is 9.84 Å². The quantitative estimate of drug-likeness (QED) is 0.433. The molecule has 0 aromatic carbocycles. The Kier molecular flexibility index (Phi) is 3.98. The second-order valence-corrected chi connectivity index (χ2v) is 4.24. The van der Waals surface area contributed by atoms with Gasteiger partial charge in [0, 0.05) is 12.3 Å². The number of carbonyl (C=O) groups excluding carboxylic acids is 1. The van der Waals surface area contributed by atoms with Crippen LogP contribution in [0.15, 0.2) is 15.8 Å². The minimum Gasteiger partial charge on any atom is -0.394 e. The molecule has 4 atom stereocenters. The molecule has 2 heterocycles. The minimum atomic E-state index is -1.47. The van der Waals surface area contributed by atoms with Gasteiger partial charge in [0.25, 0.3) is 5.56 Å². The molecule has 4 N–H and O–H groups in total. The maximum Gasteiger partial charge on any atom is 0.330 e. The first kappa shape index (κ1) is 14.4. The SMILES string of the molecule is O=C=Cc1cn([C@@H]2O[C@H](CO)[C@@H](O)[C@H]2O)c(=O)[nH]c1=O. The summed E-state index contributed by atoms with van der Waals surface area (Å²) in [7, 11) is 0. The maximum atomic E-state index is 11.7. The van der Waals surface area contributed by atoms with E-state index in [-0.39, 0.29) is 5.56 Å².